The van der Waals surface area contributed by atoms with Crippen molar-refractivity contribution in [3.63, 3.8) is 0 Å². The predicted molar refractivity (Wildman–Crippen MR) is 321 cm³/mol. The van der Waals surface area contributed by atoms with Crippen LogP contribution in [-0.4, -0.2) is 89.2 Å². The summed E-state index contributed by atoms with van der Waals surface area (Å²) in [5, 5.41) is 31.5. The highest BCUT2D eigenvalue weighted by molar-refractivity contribution is 5.74. The summed E-state index contributed by atoms with van der Waals surface area (Å²) in [5.74, 6) is -3.34. The Hall–Kier alpha value is -5.66. The number of aliphatic hydroxyl groups excluding tert-OH is 2. The molecule has 1 heterocycles. The molecule has 1 fully saturated rings. The Balaban J connectivity index is 2.77. The molecule has 79 heavy (non-hydrogen) atoms. The summed E-state index contributed by atoms with van der Waals surface area (Å²) in [4.78, 5) is 51.1. The number of aliphatic hydroxyl groups is 2. The maximum absolute atomic E-state index is 13.1. The molecule has 0 spiro atoms. The molecule has 0 aromatic heterocycles. The number of hydrogen-bond donors (Lipinski definition) is 3. The van der Waals surface area contributed by atoms with Gasteiger partial charge in [-0.2, -0.15) is 0 Å². The van der Waals surface area contributed by atoms with Crippen molar-refractivity contribution in [1.82, 2.24) is 0 Å². The zero-order valence-corrected chi connectivity index (χ0v) is 48.3. The Labute approximate surface area is 475 Å². The third-order valence-electron chi connectivity index (χ3n) is 12.1. The van der Waals surface area contributed by atoms with E-state index in [1.165, 1.54) is 0 Å². The van der Waals surface area contributed by atoms with Crippen LogP contribution in [-0.2, 0) is 42.9 Å². The Morgan fingerprint density at radius 3 is 1.20 bits per heavy atom. The van der Waals surface area contributed by atoms with Crippen molar-refractivity contribution < 1.29 is 58.2 Å². The number of hydrogen-bond acceptors (Lipinski definition) is 11. The number of unbranched alkanes of at least 4 members (excludes halogenated alkanes) is 7. The molecule has 0 bridgehead atoms. The first kappa shape index (κ1) is 71.4. The SMILES string of the molecule is CC/C=C\C/C=C\C/C=C\C/C=C\C/C=C\C/C=C\CCC(=O)OCC(COC1OC(C(=O)O)C(O)C(O)C1OC(=O)CCCCCC/C=C\C/C=C\C/C=C\C/C=C\CC)OC(=O)CCCCC/C=C\C/C=C\C/C=C\CC. The Morgan fingerprint density at radius 2 is 0.785 bits per heavy atom. The Kier molecular flexibility index (Phi) is 47.9. The van der Waals surface area contributed by atoms with E-state index in [2.05, 4.69) is 167 Å². The van der Waals surface area contributed by atoms with E-state index < -0.39 is 67.3 Å². The molecule has 12 heteroatoms. The molecule has 0 aromatic carbocycles. The van der Waals surface area contributed by atoms with E-state index in [1.54, 1.807) is 0 Å². The van der Waals surface area contributed by atoms with Gasteiger partial charge in [-0.25, -0.2) is 4.79 Å². The lowest BCUT2D eigenvalue weighted by Crippen LogP contribution is -2.61. The van der Waals surface area contributed by atoms with Gasteiger partial charge in [-0.15, -0.1) is 0 Å². The average molecular weight is 1100 g/mol. The van der Waals surface area contributed by atoms with Crippen molar-refractivity contribution in [3.8, 4) is 0 Å². The molecule has 12 nitrogen and oxygen atoms in total. The second-order valence-electron chi connectivity index (χ2n) is 19.1. The van der Waals surface area contributed by atoms with E-state index in [0.29, 0.717) is 25.7 Å². The van der Waals surface area contributed by atoms with Crippen LogP contribution < -0.4 is 0 Å². The van der Waals surface area contributed by atoms with E-state index in [9.17, 15) is 34.5 Å². The van der Waals surface area contributed by atoms with Crippen LogP contribution in [0.3, 0.4) is 0 Å². The van der Waals surface area contributed by atoms with Gasteiger partial charge in [0.1, 0.15) is 18.8 Å². The summed E-state index contributed by atoms with van der Waals surface area (Å²) in [7, 11) is 0. The summed E-state index contributed by atoms with van der Waals surface area (Å²) >= 11 is 0. The lowest BCUT2D eigenvalue weighted by Gasteiger charge is -2.40. The molecule has 440 valence electrons. The minimum absolute atomic E-state index is 0.0119. The van der Waals surface area contributed by atoms with Crippen LogP contribution in [0.15, 0.2) is 158 Å². The van der Waals surface area contributed by atoms with Crippen LogP contribution in [0.2, 0.25) is 0 Å². The number of aliphatic carboxylic acids is 1. The van der Waals surface area contributed by atoms with Gasteiger partial charge in [0.05, 0.1) is 6.61 Å². The Bertz CT molecular complexity index is 1980. The molecule has 1 aliphatic heterocycles. The highest BCUT2D eigenvalue weighted by Crippen LogP contribution is 2.26. The monoisotopic (exact) mass is 1100 g/mol. The van der Waals surface area contributed by atoms with E-state index >= 15 is 0 Å². The van der Waals surface area contributed by atoms with Gasteiger partial charge in [-0.3, -0.25) is 14.4 Å². The van der Waals surface area contributed by atoms with Crippen molar-refractivity contribution >= 4 is 23.9 Å². The van der Waals surface area contributed by atoms with Crippen LogP contribution >= 0.6 is 0 Å². The number of ether oxygens (including phenoxy) is 5. The normalized spacial score (nSPS) is 19.0. The largest absolute Gasteiger partial charge is 0.479 e. The summed E-state index contributed by atoms with van der Waals surface area (Å²) < 4.78 is 28.3. The maximum Gasteiger partial charge on any atom is 0.335 e. The molecular formula is C67H100O12. The molecule has 6 atom stereocenters. The van der Waals surface area contributed by atoms with E-state index in [4.69, 9.17) is 23.7 Å². The number of carbonyl (C=O) groups excluding carboxylic acids is 3. The van der Waals surface area contributed by atoms with E-state index in [1.807, 2.05) is 12.2 Å². The summed E-state index contributed by atoms with van der Waals surface area (Å²) in [5.41, 5.74) is 0. The quantitative estimate of drug-likeness (QED) is 0.0228. The lowest BCUT2D eigenvalue weighted by atomic mass is 9.98. The van der Waals surface area contributed by atoms with Gasteiger partial charge in [-0.05, 0) is 128 Å². The molecular weight excluding hydrogens is 997 g/mol. The smallest absolute Gasteiger partial charge is 0.335 e. The summed E-state index contributed by atoms with van der Waals surface area (Å²) in [6.45, 7) is 5.52. The van der Waals surface area contributed by atoms with Crippen molar-refractivity contribution in [2.24, 2.45) is 0 Å². The molecule has 3 N–H and O–H groups in total. The van der Waals surface area contributed by atoms with Gasteiger partial charge in [0, 0.05) is 19.3 Å². The lowest BCUT2D eigenvalue weighted by molar-refractivity contribution is -0.301. The number of carboxylic acid groups (broad SMARTS) is 1. The third kappa shape index (κ3) is 42.9. The predicted octanol–water partition coefficient (Wildman–Crippen LogP) is 15.3. The van der Waals surface area contributed by atoms with Gasteiger partial charge >= 0.3 is 23.9 Å². The van der Waals surface area contributed by atoms with Crippen molar-refractivity contribution in [2.45, 2.75) is 225 Å². The number of carbonyl (C=O) groups is 4. The fraction of sp³-hybridized carbons (Fsp3) is 0.552. The molecule has 0 aliphatic carbocycles. The van der Waals surface area contributed by atoms with Crippen molar-refractivity contribution in [3.05, 3.63) is 158 Å². The van der Waals surface area contributed by atoms with E-state index in [0.717, 1.165) is 122 Å². The standard InChI is InChI=1S/C67H100O12/c1-4-7-10-13-16-19-22-25-27-29-30-32-33-36-38-41-44-47-50-53-59(68)75-56-58(77-60(69)54-51-48-45-42-39-35-24-21-18-15-12-9-6-3)57-76-67-65(63(72)62(71)64(79-67)66(73)74)78-61(70)55-52-49-46-43-40-37-34-31-28-26-23-20-17-14-11-8-5-2/h7-12,16-21,25-28,30,32,34-39,44,47,58,62-65,67,71-72H,4-6,13-15,22-24,29,31,33,40-43,45-46,48-57H2,1-3H3,(H,73,74)/b10-7-,11-8-,12-9-,19-16-,20-17-,21-18-,27-25-,28-26-,32-30-,37-34-,38-36-,39-35-,47-44-. The van der Waals surface area contributed by atoms with Crippen LogP contribution in [0, 0.1) is 0 Å². The molecule has 6 unspecified atom stereocenters. The minimum atomic E-state index is -1.94. The molecule has 1 aliphatic rings. The average Bonchev–Trinajstić information content (AvgIpc) is 3.47. The molecule has 0 aromatic rings. The van der Waals surface area contributed by atoms with Crippen LogP contribution in [0.5, 0.6) is 0 Å². The van der Waals surface area contributed by atoms with Crippen LogP contribution in [0.25, 0.3) is 0 Å². The van der Waals surface area contributed by atoms with Crippen LogP contribution in [0.4, 0.5) is 0 Å². The first-order chi connectivity index (χ1) is 38.6. The van der Waals surface area contributed by atoms with Gasteiger partial charge < -0.3 is 39.0 Å². The number of allylic oxidation sites excluding steroid dienone is 26. The van der Waals surface area contributed by atoms with E-state index in [-0.39, 0.29) is 25.9 Å². The molecule has 0 saturated carbocycles. The van der Waals surface area contributed by atoms with Crippen LogP contribution in [0.1, 0.15) is 188 Å². The topological polar surface area (TPSA) is 175 Å². The summed E-state index contributed by atoms with van der Waals surface area (Å²) in [6, 6.07) is 0. The fourth-order valence-electron chi connectivity index (χ4n) is 7.69. The molecule has 0 radical (unpaired) electrons. The fourth-order valence-corrected chi connectivity index (χ4v) is 7.69. The molecule has 0 amide bonds. The first-order valence-electron chi connectivity index (χ1n) is 29.5. The Morgan fingerprint density at radius 1 is 0.418 bits per heavy atom. The second-order valence-corrected chi connectivity index (χ2v) is 19.1. The van der Waals surface area contributed by atoms with Gasteiger partial charge in [0.25, 0.3) is 0 Å². The number of carboxylic acids is 1. The zero-order chi connectivity index (χ0) is 57.5. The highest BCUT2D eigenvalue weighted by Gasteiger charge is 2.50. The van der Waals surface area contributed by atoms with Gasteiger partial charge in [0.2, 0.25) is 0 Å². The first-order valence-corrected chi connectivity index (χ1v) is 29.5. The molecule has 1 rings (SSSR count). The third-order valence-corrected chi connectivity index (χ3v) is 12.1. The maximum atomic E-state index is 13.1. The van der Waals surface area contributed by atoms with Gasteiger partial charge in [0.15, 0.2) is 24.6 Å². The highest BCUT2D eigenvalue weighted by atomic mass is 16.7. The second kappa shape index (κ2) is 53.0. The number of esters is 3. The van der Waals surface area contributed by atoms with Crippen molar-refractivity contribution in [2.75, 3.05) is 13.2 Å². The zero-order valence-electron chi connectivity index (χ0n) is 48.3. The molecule has 1 saturated heterocycles. The minimum Gasteiger partial charge on any atom is -0.479 e. The summed E-state index contributed by atoms with van der Waals surface area (Å²) in [6.07, 6.45) is 65.1. The number of rotatable bonds is 47. The van der Waals surface area contributed by atoms with Crippen molar-refractivity contribution in [1.29, 1.82) is 0 Å². The van der Waals surface area contributed by atoms with Gasteiger partial charge in [-0.1, -0.05) is 198 Å².